The van der Waals surface area contributed by atoms with Gasteiger partial charge in [-0.3, -0.25) is 5.11 Å². The van der Waals surface area contributed by atoms with Crippen molar-refractivity contribution < 1.29 is 10.2 Å². The molecule has 0 aromatic heterocycles. The summed E-state index contributed by atoms with van der Waals surface area (Å²) in [6.45, 7) is 0. The molecule has 0 heterocycles. The Labute approximate surface area is 92.4 Å². The highest BCUT2D eigenvalue weighted by Crippen LogP contribution is 2.41. The SMILES string of the molecule is [O]c1c2ccccc2c(O)c2ccccc12. The molecule has 0 amide bonds. The number of hydrogen-bond acceptors (Lipinski definition) is 1. The molecule has 0 spiro atoms. The van der Waals surface area contributed by atoms with Crippen LogP contribution >= 0.6 is 0 Å². The van der Waals surface area contributed by atoms with Crippen molar-refractivity contribution in [3.05, 3.63) is 48.5 Å². The Balaban J connectivity index is 2.67. The first-order valence-corrected chi connectivity index (χ1v) is 5.08. The van der Waals surface area contributed by atoms with Crippen LogP contribution in [0.4, 0.5) is 0 Å². The summed E-state index contributed by atoms with van der Waals surface area (Å²) in [5.74, 6) is 0.162. The summed E-state index contributed by atoms with van der Waals surface area (Å²) in [4.78, 5) is 0. The summed E-state index contributed by atoms with van der Waals surface area (Å²) >= 11 is 0. The van der Waals surface area contributed by atoms with E-state index in [4.69, 9.17) is 0 Å². The Morgan fingerprint density at radius 2 is 1.06 bits per heavy atom. The fourth-order valence-electron chi connectivity index (χ4n) is 2.07. The molecule has 0 aliphatic carbocycles. The summed E-state index contributed by atoms with van der Waals surface area (Å²) in [6.07, 6.45) is 0. The van der Waals surface area contributed by atoms with Gasteiger partial charge in [0.15, 0.2) is 5.75 Å². The highest BCUT2D eigenvalue weighted by Gasteiger charge is 2.12. The Morgan fingerprint density at radius 1 is 0.688 bits per heavy atom. The standard InChI is InChI=1S/C14H9O2/c15-13-9-5-1-2-6-10(9)14(16)12-8-4-3-7-11(12)13/h1-8,15H. The van der Waals surface area contributed by atoms with Crippen molar-refractivity contribution in [2.45, 2.75) is 0 Å². The number of hydrogen-bond donors (Lipinski definition) is 1. The Bertz CT molecular complexity index is 570. The molecule has 3 aromatic carbocycles. The Hall–Kier alpha value is -2.22. The topological polar surface area (TPSA) is 40.1 Å². The van der Waals surface area contributed by atoms with Gasteiger partial charge >= 0.3 is 0 Å². The van der Waals surface area contributed by atoms with Gasteiger partial charge in [-0.1, -0.05) is 48.5 Å². The van der Waals surface area contributed by atoms with Gasteiger partial charge in [0.05, 0.1) is 0 Å². The number of phenols is 1. The second-order valence-corrected chi connectivity index (χ2v) is 3.77. The molecule has 0 saturated heterocycles. The van der Waals surface area contributed by atoms with Crippen LogP contribution in [0.5, 0.6) is 11.5 Å². The van der Waals surface area contributed by atoms with Gasteiger partial charge in [0.2, 0.25) is 0 Å². The summed E-state index contributed by atoms with van der Waals surface area (Å²) in [7, 11) is 0. The molecular weight excluding hydrogens is 200 g/mol. The second kappa shape index (κ2) is 3.14. The van der Waals surface area contributed by atoms with Gasteiger partial charge in [0, 0.05) is 21.5 Å². The molecule has 0 saturated carbocycles. The molecule has 0 aliphatic heterocycles. The average molecular weight is 209 g/mol. The van der Waals surface area contributed by atoms with Gasteiger partial charge in [-0.25, -0.2) is 0 Å². The van der Waals surface area contributed by atoms with E-state index in [1.807, 2.05) is 12.1 Å². The van der Waals surface area contributed by atoms with Crippen LogP contribution in [0.2, 0.25) is 0 Å². The predicted octanol–water partition coefficient (Wildman–Crippen LogP) is 3.84. The van der Waals surface area contributed by atoms with Gasteiger partial charge in [-0.05, 0) is 0 Å². The lowest BCUT2D eigenvalue weighted by molar-refractivity contribution is 0.365. The van der Waals surface area contributed by atoms with Gasteiger partial charge < -0.3 is 5.11 Å². The highest BCUT2D eigenvalue weighted by atomic mass is 16.3. The summed E-state index contributed by atoms with van der Waals surface area (Å²) < 4.78 is 0. The van der Waals surface area contributed by atoms with Crippen LogP contribution < -0.4 is 0 Å². The summed E-state index contributed by atoms with van der Waals surface area (Å²) in [6, 6.07) is 14.2. The van der Waals surface area contributed by atoms with Crippen molar-refractivity contribution in [2.24, 2.45) is 0 Å². The third kappa shape index (κ3) is 1.07. The molecular formula is C14H9O2. The lowest BCUT2D eigenvalue weighted by atomic mass is 10.0. The van der Waals surface area contributed by atoms with E-state index in [1.165, 1.54) is 0 Å². The minimum absolute atomic E-state index is 0.0241. The second-order valence-electron chi connectivity index (χ2n) is 3.77. The van der Waals surface area contributed by atoms with Crippen molar-refractivity contribution in [2.75, 3.05) is 0 Å². The number of fused-ring (bicyclic) bond motifs is 2. The predicted molar refractivity (Wildman–Crippen MR) is 63.3 cm³/mol. The van der Waals surface area contributed by atoms with Gasteiger partial charge in [-0.15, -0.1) is 0 Å². The molecule has 77 valence electrons. The van der Waals surface area contributed by atoms with E-state index in [0.29, 0.717) is 21.5 Å². The van der Waals surface area contributed by atoms with E-state index in [-0.39, 0.29) is 11.5 Å². The normalized spacial score (nSPS) is 11.0. The van der Waals surface area contributed by atoms with Crippen LogP contribution in [0.3, 0.4) is 0 Å². The number of rotatable bonds is 0. The molecule has 2 heteroatoms. The van der Waals surface area contributed by atoms with E-state index in [9.17, 15) is 10.2 Å². The maximum Gasteiger partial charge on any atom is 0.194 e. The molecule has 0 fully saturated rings. The smallest absolute Gasteiger partial charge is 0.194 e. The fourth-order valence-corrected chi connectivity index (χ4v) is 2.07. The van der Waals surface area contributed by atoms with Gasteiger partial charge in [0.1, 0.15) is 5.75 Å². The molecule has 1 N–H and O–H groups in total. The number of aromatic hydroxyl groups is 1. The van der Waals surface area contributed by atoms with Gasteiger partial charge in [-0.2, -0.15) is 0 Å². The van der Waals surface area contributed by atoms with Crippen LogP contribution in [0.15, 0.2) is 48.5 Å². The van der Waals surface area contributed by atoms with Crippen LogP contribution in [-0.4, -0.2) is 5.11 Å². The first kappa shape index (κ1) is 9.04. The lowest BCUT2D eigenvalue weighted by Crippen LogP contribution is -1.79. The zero-order chi connectivity index (χ0) is 11.1. The summed E-state index contributed by atoms with van der Waals surface area (Å²) in [5.41, 5.74) is 0. The zero-order valence-electron chi connectivity index (χ0n) is 8.47. The largest absolute Gasteiger partial charge is 0.507 e. The summed E-state index contributed by atoms with van der Waals surface area (Å²) in [5, 5.41) is 24.6. The minimum Gasteiger partial charge on any atom is -0.507 e. The van der Waals surface area contributed by atoms with E-state index >= 15 is 0 Å². The maximum absolute atomic E-state index is 12.1. The molecule has 0 aliphatic rings. The molecule has 16 heavy (non-hydrogen) atoms. The van der Waals surface area contributed by atoms with E-state index in [2.05, 4.69) is 0 Å². The van der Waals surface area contributed by atoms with Crippen LogP contribution in [0, 0.1) is 0 Å². The maximum atomic E-state index is 12.1. The van der Waals surface area contributed by atoms with Crippen molar-refractivity contribution in [1.29, 1.82) is 0 Å². The van der Waals surface area contributed by atoms with E-state index in [1.54, 1.807) is 36.4 Å². The van der Waals surface area contributed by atoms with E-state index < -0.39 is 0 Å². The van der Waals surface area contributed by atoms with Crippen molar-refractivity contribution in [3.63, 3.8) is 0 Å². The van der Waals surface area contributed by atoms with Crippen LogP contribution in [0.1, 0.15) is 0 Å². The quantitative estimate of drug-likeness (QED) is 0.561. The molecule has 3 aromatic rings. The van der Waals surface area contributed by atoms with Crippen molar-refractivity contribution >= 4 is 21.5 Å². The third-order valence-electron chi connectivity index (χ3n) is 2.85. The molecule has 3 rings (SSSR count). The molecule has 0 unspecified atom stereocenters. The monoisotopic (exact) mass is 209 g/mol. The van der Waals surface area contributed by atoms with E-state index in [0.717, 1.165) is 0 Å². The Morgan fingerprint density at radius 3 is 1.50 bits per heavy atom. The number of benzene rings is 3. The molecule has 2 nitrogen and oxygen atoms in total. The third-order valence-corrected chi connectivity index (χ3v) is 2.85. The van der Waals surface area contributed by atoms with Crippen LogP contribution in [-0.2, 0) is 5.11 Å². The average Bonchev–Trinajstić information content (AvgIpc) is 2.36. The Kier molecular flexibility index (Phi) is 1.77. The number of phenolic OH excluding ortho intramolecular Hbond substituents is 1. The van der Waals surface area contributed by atoms with Crippen molar-refractivity contribution in [3.8, 4) is 11.5 Å². The molecule has 0 bridgehead atoms. The lowest BCUT2D eigenvalue weighted by Gasteiger charge is -2.06. The zero-order valence-corrected chi connectivity index (χ0v) is 8.47. The molecule has 1 radical (unpaired) electrons. The van der Waals surface area contributed by atoms with Crippen LogP contribution in [0.25, 0.3) is 21.5 Å². The highest BCUT2D eigenvalue weighted by molar-refractivity contribution is 6.10. The molecule has 0 atom stereocenters. The fraction of sp³-hybridized carbons (Fsp3) is 0. The van der Waals surface area contributed by atoms with Gasteiger partial charge in [0.25, 0.3) is 0 Å². The first-order chi connectivity index (χ1) is 7.79. The minimum atomic E-state index is -0.0241. The first-order valence-electron chi connectivity index (χ1n) is 5.08. The van der Waals surface area contributed by atoms with Crippen molar-refractivity contribution in [1.82, 2.24) is 0 Å².